The van der Waals surface area contributed by atoms with E-state index in [1.165, 1.54) is 16.0 Å². The van der Waals surface area contributed by atoms with E-state index in [2.05, 4.69) is 45.6 Å². The summed E-state index contributed by atoms with van der Waals surface area (Å²) in [6, 6.07) is 16.6. The van der Waals surface area contributed by atoms with E-state index in [0.717, 1.165) is 13.0 Å². The van der Waals surface area contributed by atoms with Gasteiger partial charge in [0.1, 0.15) is 0 Å². The standard InChI is InChI=1S/C19H18N2OS/c22-17(16-7-4-10-20-16)13-21-11-8-18-15(9-12-23-18)19(21)14-5-2-1-3-6-14/h1-7,9-10,12,19-20H,8,11,13H2/t19-/m1/s1. The Balaban J connectivity index is 1.67. The summed E-state index contributed by atoms with van der Waals surface area (Å²) in [5.41, 5.74) is 3.30. The van der Waals surface area contributed by atoms with Gasteiger partial charge in [0, 0.05) is 17.6 Å². The highest BCUT2D eigenvalue weighted by Crippen LogP contribution is 2.37. The molecule has 3 aromatic rings. The fourth-order valence-corrected chi connectivity index (χ4v) is 4.24. The van der Waals surface area contributed by atoms with Crippen LogP contribution in [0, 0.1) is 0 Å². The Kier molecular flexibility index (Phi) is 3.85. The van der Waals surface area contributed by atoms with Crippen molar-refractivity contribution in [3.8, 4) is 0 Å². The van der Waals surface area contributed by atoms with Gasteiger partial charge in [0.25, 0.3) is 0 Å². The third-order valence-electron chi connectivity index (χ3n) is 4.43. The van der Waals surface area contributed by atoms with Crippen LogP contribution in [0.5, 0.6) is 0 Å². The zero-order valence-corrected chi connectivity index (χ0v) is 13.6. The molecule has 1 aromatic carbocycles. The molecule has 1 aliphatic rings. The molecule has 1 aliphatic heterocycles. The van der Waals surface area contributed by atoms with Crippen LogP contribution in [0.3, 0.4) is 0 Å². The quantitative estimate of drug-likeness (QED) is 0.739. The van der Waals surface area contributed by atoms with Gasteiger partial charge in [-0.1, -0.05) is 30.3 Å². The maximum Gasteiger partial charge on any atom is 0.192 e. The first-order valence-electron chi connectivity index (χ1n) is 7.85. The van der Waals surface area contributed by atoms with E-state index in [1.54, 1.807) is 6.20 Å². The molecule has 116 valence electrons. The molecule has 0 unspecified atom stereocenters. The van der Waals surface area contributed by atoms with Gasteiger partial charge in [-0.3, -0.25) is 9.69 Å². The predicted octanol–water partition coefficient (Wildman–Crippen LogP) is 3.91. The third kappa shape index (κ3) is 2.76. The Labute approximate surface area is 139 Å². The van der Waals surface area contributed by atoms with E-state index in [9.17, 15) is 4.79 Å². The Bertz CT molecular complexity index is 792. The van der Waals surface area contributed by atoms with Crippen molar-refractivity contribution in [1.29, 1.82) is 0 Å². The summed E-state index contributed by atoms with van der Waals surface area (Å²) in [6.45, 7) is 1.36. The fourth-order valence-electron chi connectivity index (χ4n) is 3.34. The van der Waals surface area contributed by atoms with E-state index >= 15 is 0 Å². The summed E-state index contributed by atoms with van der Waals surface area (Å²) in [4.78, 5) is 19.3. The van der Waals surface area contributed by atoms with Crippen LogP contribution in [0.15, 0.2) is 60.1 Å². The molecule has 4 rings (SSSR count). The molecule has 1 atom stereocenters. The predicted molar refractivity (Wildman–Crippen MR) is 93.0 cm³/mol. The van der Waals surface area contributed by atoms with Gasteiger partial charge in [-0.05, 0) is 41.1 Å². The van der Waals surface area contributed by atoms with Gasteiger partial charge in [0.15, 0.2) is 5.78 Å². The fraction of sp³-hybridized carbons (Fsp3) is 0.211. The SMILES string of the molecule is O=C(CN1CCc2sccc2[C@H]1c1ccccc1)c1ccc[nH]1. The molecule has 3 heterocycles. The second-order valence-electron chi connectivity index (χ2n) is 5.84. The Hall–Kier alpha value is -2.17. The van der Waals surface area contributed by atoms with Gasteiger partial charge in [0.2, 0.25) is 0 Å². The van der Waals surface area contributed by atoms with Gasteiger partial charge in [-0.15, -0.1) is 11.3 Å². The number of H-pyrrole nitrogens is 1. The van der Waals surface area contributed by atoms with Crippen molar-refractivity contribution in [3.63, 3.8) is 0 Å². The van der Waals surface area contributed by atoms with Gasteiger partial charge in [-0.25, -0.2) is 0 Å². The number of aromatic nitrogens is 1. The number of fused-ring (bicyclic) bond motifs is 1. The molecule has 0 spiro atoms. The van der Waals surface area contributed by atoms with E-state index < -0.39 is 0 Å². The minimum Gasteiger partial charge on any atom is -0.359 e. The van der Waals surface area contributed by atoms with Crippen LogP contribution in [0.25, 0.3) is 0 Å². The van der Waals surface area contributed by atoms with Crippen molar-refractivity contribution in [2.24, 2.45) is 0 Å². The van der Waals surface area contributed by atoms with Crippen LogP contribution in [-0.4, -0.2) is 28.8 Å². The van der Waals surface area contributed by atoms with Crippen molar-refractivity contribution < 1.29 is 4.79 Å². The zero-order valence-electron chi connectivity index (χ0n) is 12.7. The lowest BCUT2D eigenvalue weighted by molar-refractivity contribution is 0.0897. The summed E-state index contributed by atoms with van der Waals surface area (Å²) in [5, 5.41) is 2.16. The molecular formula is C19H18N2OS. The number of ketones is 1. The first kappa shape index (κ1) is 14.4. The minimum atomic E-state index is 0.148. The Morgan fingerprint density at radius 1 is 1.17 bits per heavy atom. The van der Waals surface area contributed by atoms with Gasteiger partial charge in [0.05, 0.1) is 18.3 Å². The van der Waals surface area contributed by atoms with Crippen molar-refractivity contribution >= 4 is 17.1 Å². The summed E-state index contributed by atoms with van der Waals surface area (Å²) in [5.74, 6) is 0.148. The number of aromatic amines is 1. The lowest BCUT2D eigenvalue weighted by atomic mass is 9.93. The smallest absolute Gasteiger partial charge is 0.192 e. The van der Waals surface area contributed by atoms with Crippen LogP contribution < -0.4 is 0 Å². The van der Waals surface area contributed by atoms with Crippen LogP contribution in [-0.2, 0) is 6.42 Å². The van der Waals surface area contributed by atoms with Gasteiger partial charge < -0.3 is 4.98 Å². The number of thiophene rings is 1. The Morgan fingerprint density at radius 3 is 2.83 bits per heavy atom. The second kappa shape index (κ2) is 6.14. The largest absolute Gasteiger partial charge is 0.359 e. The number of hydrogen-bond acceptors (Lipinski definition) is 3. The van der Waals surface area contributed by atoms with Crippen molar-refractivity contribution in [3.05, 3.63) is 81.8 Å². The topological polar surface area (TPSA) is 36.1 Å². The molecular weight excluding hydrogens is 304 g/mol. The lowest BCUT2D eigenvalue weighted by Gasteiger charge is -2.35. The molecule has 0 fully saturated rings. The highest BCUT2D eigenvalue weighted by atomic mass is 32.1. The van der Waals surface area contributed by atoms with Crippen molar-refractivity contribution in [2.75, 3.05) is 13.1 Å². The van der Waals surface area contributed by atoms with E-state index in [-0.39, 0.29) is 11.8 Å². The van der Waals surface area contributed by atoms with E-state index in [4.69, 9.17) is 0 Å². The monoisotopic (exact) mass is 322 g/mol. The molecule has 0 radical (unpaired) electrons. The minimum absolute atomic E-state index is 0.148. The first-order chi connectivity index (χ1) is 11.3. The number of benzene rings is 1. The number of Topliss-reactive ketones (excluding diaryl/α,β-unsaturated/α-hetero) is 1. The third-order valence-corrected chi connectivity index (χ3v) is 5.42. The molecule has 1 N–H and O–H groups in total. The van der Waals surface area contributed by atoms with E-state index in [1.807, 2.05) is 29.5 Å². The molecule has 0 bridgehead atoms. The normalized spacial score (nSPS) is 17.8. The number of rotatable bonds is 4. The molecule has 2 aromatic heterocycles. The number of carbonyl (C=O) groups excluding carboxylic acids is 1. The molecule has 23 heavy (non-hydrogen) atoms. The molecule has 0 saturated carbocycles. The summed E-state index contributed by atoms with van der Waals surface area (Å²) in [7, 11) is 0. The number of hydrogen-bond donors (Lipinski definition) is 1. The molecule has 4 heteroatoms. The number of carbonyl (C=O) groups is 1. The van der Waals surface area contributed by atoms with Crippen molar-refractivity contribution in [2.45, 2.75) is 12.5 Å². The maximum absolute atomic E-state index is 12.5. The van der Waals surface area contributed by atoms with Crippen LogP contribution in [0.4, 0.5) is 0 Å². The molecule has 0 saturated heterocycles. The average molecular weight is 322 g/mol. The average Bonchev–Trinajstić information content (AvgIpc) is 3.27. The summed E-state index contributed by atoms with van der Waals surface area (Å²) in [6.07, 6.45) is 2.82. The molecule has 3 nitrogen and oxygen atoms in total. The van der Waals surface area contributed by atoms with Crippen molar-refractivity contribution in [1.82, 2.24) is 9.88 Å². The zero-order chi connectivity index (χ0) is 15.6. The van der Waals surface area contributed by atoms with Gasteiger partial charge in [-0.2, -0.15) is 0 Å². The molecule has 0 aliphatic carbocycles. The second-order valence-corrected chi connectivity index (χ2v) is 6.84. The van der Waals surface area contributed by atoms with Crippen LogP contribution in [0.1, 0.15) is 32.5 Å². The maximum atomic E-state index is 12.5. The van der Waals surface area contributed by atoms with Gasteiger partial charge >= 0.3 is 0 Å². The van der Waals surface area contributed by atoms with Crippen LogP contribution >= 0.6 is 11.3 Å². The van der Waals surface area contributed by atoms with Crippen LogP contribution in [0.2, 0.25) is 0 Å². The number of nitrogens with zero attached hydrogens (tertiary/aromatic N) is 1. The highest BCUT2D eigenvalue weighted by molar-refractivity contribution is 7.10. The lowest BCUT2D eigenvalue weighted by Crippen LogP contribution is -2.39. The summed E-state index contributed by atoms with van der Waals surface area (Å²) >= 11 is 1.82. The summed E-state index contributed by atoms with van der Waals surface area (Å²) < 4.78 is 0. The highest BCUT2D eigenvalue weighted by Gasteiger charge is 2.30. The Morgan fingerprint density at radius 2 is 2.04 bits per heavy atom. The first-order valence-corrected chi connectivity index (χ1v) is 8.73. The van der Waals surface area contributed by atoms with E-state index in [0.29, 0.717) is 12.2 Å². The molecule has 0 amide bonds. The number of nitrogens with one attached hydrogen (secondary N) is 1.